The predicted molar refractivity (Wildman–Crippen MR) is 141 cm³/mol. The maximum absolute atomic E-state index is 12.9. The molecule has 0 aromatic carbocycles. The number of aromatic nitrogens is 2. The Hall–Kier alpha value is -0.786. The molecule has 0 unspecified atom stereocenters. The lowest BCUT2D eigenvalue weighted by molar-refractivity contribution is -0.0855. The molecule has 1 spiro atoms. The highest BCUT2D eigenvalue weighted by atomic mass is 79.9. The van der Waals surface area contributed by atoms with Crippen LogP contribution in [0, 0.1) is 0 Å². The predicted octanol–water partition coefficient (Wildman–Crippen LogP) is 5.14. The molecule has 2 aliphatic rings. The van der Waals surface area contributed by atoms with Gasteiger partial charge in [-0.15, -0.1) is 0 Å². The summed E-state index contributed by atoms with van der Waals surface area (Å²) in [5.41, 5.74) is -1.44. The zero-order valence-electron chi connectivity index (χ0n) is 21.6. The Morgan fingerprint density at radius 1 is 1.12 bits per heavy atom. The SMILES string of the molecule is CC(C)(C)[Si](C)(C)OC[C@H]1O[C@]2(C[C@H]1O[Si](C)(C)C(C)(C)C)C(Br)=Cc1cc(=O)[nH]c(=O)n12. The quantitative estimate of drug-likeness (QED) is 0.506. The molecule has 3 rings (SSSR count). The minimum atomic E-state index is -2.13. The van der Waals surface area contributed by atoms with Crippen molar-refractivity contribution < 1.29 is 13.6 Å². The van der Waals surface area contributed by atoms with Crippen molar-refractivity contribution in [2.75, 3.05) is 6.61 Å². The molecule has 1 aromatic heterocycles. The lowest BCUT2D eigenvalue weighted by Gasteiger charge is -2.40. The summed E-state index contributed by atoms with van der Waals surface area (Å²) < 4.78 is 22.3. The van der Waals surface area contributed by atoms with Gasteiger partial charge in [0.05, 0.1) is 22.9 Å². The zero-order chi connectivity index (χ0) is 25.2. The van der Waals surface area contributed by atoms with Gasteiger partial charge in [0.2, 0.25) is 0 Å². The van der Waals surface area contributed by atoms with E-state index in [0.29, 0.717) is 23.2 Å². The minimum absolute atomic E-state index is 0.0241. The average molecular weight is 560 g/mol. The Labute approximate surface area is 207 Å². The van der Waals surface area contributed by atoms with E-state index < -0.39 is 33.6 Å². The van der Waals surface area contributed by atoms with Crippen LogP contribution in [-0.2, 0) is 19.3 Å². The van der Waals surface area contributed by atoms with E-state index in [-0.39, 0.29) is 22.3 Å². The minimum Gasteiger partial charge on any atom is -0.414 e. The Bertz CT molecular complexity index is 1060. The second-order valence-electron chi connectivity index (χ2n) is 12.3. The molecule has 3 heterocycles. The summed E-state index contributed by atoms with van der Waals surface area (Å²) in [6.07, 6.45) is 1.65. The molecule has 0 bridgehead atoms. The van der Waals surface area contributed by atoms with Crippen LogP contribution in [0.1, 0.15) is 53.7 Å². The van der Waals surface area contributed by atoms with Gasteiger partial charge >= 0.3 is 5.69 Å². The first-order valence-corrected chi connectivity index (χ1v) is 18.2. The number of hydrogen-bond acceptors (Lipinski definition) is 5. The number of halogens is 1. The number of ether oxygens (including phenoxy) is 1. The van der Waals surface area contributed by atoms with Crippen molar-refractivity contribution in [1.29, 1.82) is 0 Å². The van der Waals surface area contributed by atoms with Gasteiger partial charge in [-0.1, -0.05) is 57.5 Å². The second-order valence-corrected chi connectivity index (χ2v) is 22.7. The van der Waals surface area contributed by atoms with Crippen molar-refractivity contribution >= 4 is 38.6 Å². The van der Waals surface area contributed by atoms with Crippen LogP contribution in [0.4, 0.5) is 0 Å². The van der Waals surface area contributed by atoms with E-state index in [9.17, 15) is 9.59 Å². The number of fused-ring (bicyclic) bond motifs is 2. The van der Waals surface area contributed by atoms with Crippen LogP contribution in [0.5, 0.6) is 0 Å². The first-order valence-electron chi connectivity index (χ1n) is 11.5. The molecule has 33 heavy (non-hydrogen) atoms. The zero-order valence-corrected chi connectivity index (χ0v) is 25.2. The molecule has 1 aromatic rings. The Morgan fingerprint density at radius 2 is 1.70 bits per heavy atom. The molecule has 2 aliphatic heterocycles. The maximum atomic E-state index is 12.9. The van der Waals surface area contributed by atoms with E-state index in [4.69, 9.17) is 13.6 Å². The van der Waals surface area contributed by atoms with E-state index in [1.54, 1.807) is 6.08 Å². The monoisotopic (exact) mass is 558 g/mol. The number of nitrogens with zero attached hydrogens (tertiary/aromatic N) is 1. The van der Waals surface area contributed by atoms with Gasteiger partial charge in [0.15, 0.2) is 22.4 Å². The summed E-state index contributed by atoms with van der Waals surface area (Å²) >= 11 is 3.64. The summed E-state index contributed by atoms with van der Waals surface area (Å²) in [6, 6.07) is 1.42. The van der Waals surface area contributed by atoms with Gasteiger partial charge in [0.1, 0.15) is 6.10 Å². The number of hydrogen-bond donors (Lipinski definition) is 1. The Kier molecular flexibility index (Phi) is 6.83. The first kappa shape index (κ1) is 26.8. The maximum Gasteiger partial charge on any atom is 0.331 e. The van der Waals surface area contributed by atoms with Crippen LogP contribution < -0.4 is 11.2 Å². The molecule has 1 fully saturated rings. The second kappa shape index (κ2) is 8.41. The molecule has 1 saturated heterocycles. The van der Waals surface area contributed by atoms with Crippen LogP contribution in [0.25, 0.3) is 6.08 Å². The van der Waals surface area contributed by atoms with E-state index in [2.05, 4.69) is 88.6 Å². The molecule has 3 atom stereocenters. The largest absolute Gasteiger partial charge is 0.414 e. The van der Waals surface area contributed by atoms with Gasteiger partial charge < -0.3 is 13.6 Å². The molecule has 0 amide bonds. The molecule has 7 nitrogen and oxygen atoms in total. The van der Waals surface area contributed by atoms with Crippen LogP contribution >= 0.6 is 15.9 Å². The number of aromatic amines is 1. The fourth-order valence-electron chi connectivity index (χ4n) is 3.74. The standard InChI is InChI=1S/C23H39BrN2O5Si2/c1-21(2,3)32(7,8)29-14-17-16(31-33(9,10)22(4,5)6)13-23(30-17)18(24)11-15-12-19(27)25-20(28)26(15)23/h11-12,16-17H,13-14H2,1-10H3,(H,25,27,28)/t16-,17-,23-/m1/s1. The van der Waals surface area contributed by atoms with Crippen LogP contribution in [0.2, 0.25) is 36.3 Å². The Balaban J connectivity index is 2.01. The van der Waals surface area contributed by atoms with E-state index in [1.165, 1.54) is 10.6 Å². The normalized spacial score (nSPS) is 26.1. The van der Waals surface area contributed by atoms with Crippen molar-refractivity contribution in [3.63, 3.8) is 0 Å². The van der Waals surface area contributed by atoms with Crippen molar-refractivity contribution in [3.8, 4) is 0 Å². The molecule has 186 valence electrons. The van der Waals surface area contributed by atoms with Gasteiger partial charge in [-0.2, -0.15) is 0 Å². The van der Waals surface area contributed by atoms with E-state index in [0.717, 1.165) is 0 Å². The Morgan fingerprint density at radius 3 is 2.24 bits per heavy atom. The lowest BCUT2D eigenvalue weighted by atomic mass is 10.1. The molecule has 10 heteroatoms. The van der Waals surface area contributed by atoms with Crippen molar-refractivity contribution in [1.82, 2.24) is 9.55 Å². The van der Waals surface area contributed by atoms with Gasteiger partial charge in [-0.25, -0.2) is 4.79 Å². The van der Waals surface area contributed by atoms with Gasteiger partial charge in [-0.3, -0.25) is 14.3 Å². The molecule has 0 radical (unpaired) electrons. The molecular formula is C23H39BrN2O5Si2. The van der Waals surface area contributed by atoms with Crippen LogP contribution in [-0.4, -0.2) is 45.0 Å². The topological polar surface area (TPSA) is 82.6 Å². The number of rotatable bonds is 5. The van der Waals surface area contributed by atoms with Gasteiger partial charge in [0, 0.05) is 12.5 Å². The lowest BCUT2D eigenvalue weighted by Crippen LogP contribution is -2.48. The van der Waals surface area contributed by atoms with Crippen molar-refractivity contribution in [2.45, 2.75) is 102 Å². The van der Waals surface area contributed by atoms with Crippen molar-refractivity contribution in [3.05, 3.63) is 37.1 Å². The molecule has 0 aliphatic carbocycles. The van der Waals surface area contributed by atoms with Gasteiger partial charge in [-0.05, 0) is 42.3 Å². The highest BCUT2D eigenvalue weighted by molar-refractivity contribution is 9.11. The van der Waals surface area contributed by atoms with E-state index in [1.807, 2.05) is 0 Å². The van der Waals surface area contributed by atoms with Crippen LogP contribution in [0.15, 0.2) is 20.1 Å². The average Bonchev–Trinajstić information content (AvgIpc) is 3.08. The van der Waals surface area contributed by atoms with Crippen LogP contribution in [0.3, 0.4) is 0 Å². The summed E-state index contributed by atoms with van der Waals surface area (Å²) in [5.74, 6) is 0. The fraction of sp³-hybridized carbons (Fsp3) is 0.739. The third kappa shape index (κ3) is 4.84. The summed E-state index contributed by atoms with van der Waals surface area (Å²) in [6.45, 7) is 22.5. The number of H-pyrrole nitrogens is 1. The first-order chi connectivity index (χ1) is 14.8. The smallest absolute Gasteiger partial charge is 0.331 e. The third-order valence-electron chi connectivity index (χ3n) is 7.89. The van der Waals surface area contributed by atoms with Crippen molar-refractivity contribution in [2.24, 2.45) is 0 Å². The molecule has 0 saturated carbocycles. The molecule has 1 N–H and O–H groups in total. The summed E-state index contributed by atoms with van der Waals surface area (Å²) in [5, 5.41) is 0.0895. The summed E-state index contributed by atoms with van der Waals surface area (Å²) in [4.78, 5) is 27.1. The van der Waals surface area contributed by atoms with E-state index >= 15 is 0 Å². The molecular weight excluding hydrogens is 520 g/mol. The number of nitrogens with one attached hydrogen (secondary N) is 1. The van der Waals surface area contributed by atoms with Gasteiger partial charge in [0.25, 0.3) is 5.56 Å². The highest BCUT2D eigenvalue weighted by Gasteiger charge is 2.56. The highest BCUT2D eigenvalue weighted by Crippen LogP contribution is 2.50. The third-order valence-corrected chi connectivity index (χ3v) is 17.7. The fourth-order valence-corrected chi connectivity index (χ4v) is 6.77. The summed E-state index contributed by atoms with van der Waals surface area (Å²) in [7, 11) is -4.15.